The molecule has 116 valence electrons. The summed E-state index contributed by atoms with van der Waals surface area (Å²) in [6.07, 6.45) is 0. The fourth-order valence-corrected chi connectivity index (χ4v) is 2.70. The first-order chi connectivity index (χ1) is 9.64. The van der Waals surface area contributed by atoms with Crippen molar-refractivity contribution in [1.29, 1.82) is 0 Å². The molecule has 2 amide bonds. The minimum Gasteiger partial charge on any atom is -0.350 e. The molecule has 1 N–H and O–H groups in total. The summed E-state index contributed by atoms with van der Waals surface area (Å²) < 4.78 is 1.72. The van der Waals surface area contributed by atoms with E-state index in [9.17, 15) is 9.59 Å². The Balaban J connectivity index is 2.87. The van der Waals surface area contributed by atoms with Crippen molar-refractivity contribution in [2.75, 3.05) is 13.1 Å². The molecule has 1 aromatic rings. The second-order valence-electron chi connectivity index (χ2n) is 5.74. The number of hydrogen-bond acceptors (Lipinski definition) is 2. The Kier molecular flexibility index (Phi) is 6.65. The SMILES string of the molecule is CCN(CC(=O)NC(C)(C)C)C(=O)c1cc(I)ccc1Br. The number of nitrogens with one attached hydrogen (secondary N) is 1. The lowest BCUT2D eigenvalue weighted by Crippen LogP contribution is -2.47. The van der Waals surface area contributed by atoms with Gasteiger partial charge in [0.15, 0.2) is 0 Å². The van der Waals surface area contributed by atoms with Gasteiger partial charge in [0.1, 0.15) is 0 Å². The van der Waals surface area contributed by atoms with E-state index in [1.165, 1.54) is 4.90 Å². The molecule has 4 nitrogen and oxygen atoms in total. The molecule has 0 aliphatic rings. The first-order valence-electron chi connectivity index (χ1n) is 6.69. The quantitative estimate of drug-likeness (QED) is 0.691. The van der Waals surface area contributed by atoms with Crippen molar-refractivity contribution in [3.8, 4) is 0 Å². The van der Waals surface area contributed by atoms with Crippen molar-refractivity contribution < 1.29 is 9.59 Å². The smallest absolute Gasteiger partial charge is 0.255 e. The lowest BCUT2D eigenvalue weighted by atomic mass is 10.1. The van der Waals surface area contributed by atoms with Crippen LogP contribution in [0.25, 0.3) is 0 Å². The van der Waals surface area contributed by atoms with Gasteiger partial charge in [-0.05, 0) is 84.4 Å². The molecule has 0 fully saturated rings. The Morgan fingerprint density at radius 3 is 2.48 bits per heavy atom. The topological polar surface area (TPSA) is 49.4 Å². The minimum atomic E-state index is -0.303. The van der Waals surface area contributed by atoms with Crippen LogP contribution in [-0.4, -0.2) is 35.3 Å². The molecule has 0 radical (unpaired) electrons. The number of halogens is 2. The number of carbonyl (C=O) groups excluding carboxylic acids is 2. The molecule has 6 heteroatoms. The number of nitrogens with zero attached hydrogens (tertiary/aromatic N) is 1. The Labute approximate surface area is 147 Å². The number of carbonyl (C=O) groups is 2. The first kappa shape index (κ1) is 18.4. The average Bonchev–Trinajstić information content (AvgIpc) is 2.36. The molecule has 0 unspecified atom stereocenters. The molecule has 0 aliphatic heterocycles. The Hall–Kier alpha value is -0.630. The molecule has 0 saturated carbocycles. The summed E-state index contributed by atoms with van der Waals surface area (Å²) in [7, 11) is 0. The largest absolute Gasteiger partial charge is 0.350 e. The van der Waals surface area contributed by atoms with Gasteiger partial charge in [-0.2, -0.15) is 0 Å². The molecule has 0 atom stereocenters. The second kappa shape index (κ2) is 7.58. The minimum absolute atomic E-state index is 0.0600. The van der Waals surface area contributed by atoms with Crippen LogP contribution in [0.2, 0.25) is 0 Å². The van der Waals surface area contributed by atoms with Gasteiger partial charge in [0.05, 0.1) is 12.1 Å². The van der Waals surface area contributed by atoms with Crippen LogP contribution >= 0.6 is 38.5 Å². The van der Waals surface area contributed by atoms with Crippen LogP contribution in [0.4, 0.5) is 0 Å². The van der Waals surface area contributed by atoms with Crippen molar-refractivity contribution in [3.63, 3.8) is 0 Å². The summed E-state index contributed by atoms with van der Waals surface area (Å²) >= 11 is 5.56. The van der Waals surface area contributed by atoms with E-state index in [4.69, 9.17) is 0 Å². The molecule has 0 aliphatic carbocycles. The highest BCUT2D eigenvalue weighted by molar-refractivity contribution is 14.1. The molecular formula is C15H20BrIN2O2. The maximum atomic E-state index is 12.6. The summed E-state index contributed by atoms with van der Waals surface area (Å²) in [4.78, 5) is 26.1. The lowest BCUT2D eigenvalue weighted by molar-refractivity contribution is -0.123. The summed E-state index contributed by atoms with van der Waals surface area (Å²) in [5.74, 6) is -0.300. The molecule has 0 aromatic heterocycles. The van der Waals surface area contributed by atoms with Crippen LogP contribution in [0.1, 0.15) is 38.1 Å². The van der Waals surface area contributed by atoms with E-state index in [0.29, 0.717) is 12.1 Å². The Morgan fingerprint density at radius 2 is 1.95 bits per heavy atom. The van der Waals surface area contributed by atoms with Crippen LogP contribution in [0.5, 0.6) is 0 Å². The van der Waals surface area contributed by atoms with Gasteiger partial charge in [-0.1, -0.05) is 0 Å². The van der Waals surface area contributed by atoms with Gasteiger partial charge in [0, 0.05) is 20.1 Å². The highest BCUT2D eigenvalue weighted by Gasteiger charge is 2.21. The van der Waals surface area contributed by atoms with Gasteiger partial charge in [-0.3, -0.25) is 9.59 Å². The van der Waals surface area contributed by atoms with Gasteiger partial charge in [0.25, 0.3) is 5.91 Å². The second-order valence-corrected chi connectivity index (χ2v) is 7.84. The molecule has 1 aromatic carbocycles. The third kappa shape index (κ3) is 5.94. The third-order valence-electron chi connectivity index (χ3n) is 2.68. The van der Waals surface area contributed by atoms with E-state index in [-0.39, 0.29) is 23.9 Å². The summed E-state index contributed by atoms with van der Waals surface area (Å²) in [5, 5.41) is 2.87. The summed E-state index contributed by atoms with van der Waals surface area (Å²) in [5.41, 5.74) is 0.273. The van der Waals surface area contributed by atoms with Crippen molar-refractivity contribution in [1.82, 2.24) is 10.2 Å². The Morgan fingerprint density at radius 1 is 1.33 bits per heavy atom. The zero-order valence-electron chi connectivity index (χ0n) is 12.7. The number of likely N-dealkylation sites (N-methyl/N-ethyl adjacent to an activating group) is 1. The van der Waals surface area contributed by atoms with Crippen LogP contribution in [0.15, 0.2) is 22.7 Å². The zero-order valence-corrected chi connectivity index (χ0v) is 16.4. The maximum absolute atomic E-state index is 12.6. The number of hydrogen-bond donors (Lipinski definition) is 1. The molecule has 0 saturated heterocycles. The summed E-state index contributed by atoms with van der Waals surface area (Å²) in [6.45, 7) is 8.15. The van der Waals surface area contributed by atoms with Crippen molar-refractivity contribution in [3.05, 3.63) is 31.8 Å². The number of benzene rings is 1. The standard InChI is InChI=1S/C15H20BrIN2O2/c1-5-19(9-13(20)18-15(2,3)4)14(21)11-8-10(17)6-7-12(11)16/h6-8H,5,9H2,1-4H3,(H,18,20). The van der Waals surface area contributed by atoms with Gasteiger partial charge in [0.2, 0.25) is 5.91 Å². The van der Waals surface area contributed by atoms with Gasteiger partial charge in [-0.15, -0.1) is 0 Å². The van der Waals surface area contributed by atoms with Crippen molar-refractivity contribution >= 4 is 50.3 Å². The maximum Gasteiger partial charge on any atom is 0.255 e. The van der Waals surface area contributed by atoms with Crippen LogP contribution in [0.3, 0.4) is 0 Å². The van der Waals surface area contributed by atoms with E-state index < -0.39 is 0 Å². The van der Waals surface area contributed by atoms with E-state index in [1.54, 1.807) is 0 Å². The molecule has 0 heterocycles. The van der Waals surface area contributed by atoms with Crippen molar-refractivity contribution in [2.24, 2.45) is 0 Å². The fraction of sp³-hybridized carbons (Fsp3) is 0.467. The van der Waals surface area contributed by atoms with E-state index in [1.807, 2.05) is 45.9 Å². The third-order valence-corrected chi connectivity index (χ3v) is 4.04. The average molecular weight is 467 g/mol. The first-order valence-corrected chi connectivity index (χ1v) is 8.56. The predicted octanol–water partition coefficient (Wildman–Crippen LogP) is 3.43. The number of amides is 2. The van der Waals surface area contributed by atoms with E-state index >= 15 is 0 Å². The van der Waals surface area contributed by atoms with Gasteiger partial charge in [-0.25, -0.2) is 0 Å². The normalized spacial score (nSPS) is 11.1. The van der Waals surface area contributed by atoms with E-state index in [2.05, 4.69) is 43.8 Å². The molecule has 0 spiro atoms. The van der Waals surface area contributed by atoms with Crippen LogP contribution < -0.4 is 5.32 Å². The monoisotopic (exact) mass is 466 g/mol. The molecule has 0 bridgehead atoms. The number of rotatable bonds is 4. The van der Waals surface area contributed by atoms with Crippen LogP contribution in [-0.2, 0) is 4.79 Å². The summed E-state index contributed by atoms with van der Waals surface area (Å²) in [6, 6.07) is 5.58. The zero-order chi connectivity index (χ0) is 16.2. The Bertz CT molecular complexity index is 541. The highest BCUT2D eigenvalue weighted by atomic mass is 127. The lowest BCUT2D eigenvalue weighted by Gasteiger charge is -2.25. The predicted molar refractivity (Wildman–Crippen MR) is 96.3 cm³/mol. The van der Waals surface area contributed by atoms with Crippen LogP contribution in [0, 0.1) is 3.57 Å². The van der Waals surface area contributed by atoms with E-state index in [0.717, 1.165) is 8.04 Å². The van der Waals surface area contributed by atoms with Crippen molar-refractivity contribution in [2.45, 2.75) is 33.2 Å². The van der Waals surface area contributed by atoms with Gasteiger partial charge >= 0.3 is 0 Å². The van der Waals surface area contributed by atoms with Gasteiger partial charge < -0.3 is 10.2 Å². The molecule has 21 heavy (non-hydrogen) atoms. The molecular weight excluding hydrogens is 447 g/mol. The fourth-order valence-electron chi connectivity index (χ4n) is 1.79. The highest BCUT2D eigenvalue weighted by Crippen LogP contribution is 2.21. The molecule has 1 rings (SSSR count).